The lowest BCUT2D eigenvalue weighted by atomic mass is 10.1. The maximum atomic E-state index is 13.0. The molecule has 5 rings (SSSR count). The number of amides is 1. The van der Waals surface area contributed by atoms with E-state index in [2.05, 4.69) is 19.7 Å². The van der Waals surface area contributed by atoms with E-state index in [1.807, 2.05) is 30.0 Å². The molecule has 0 fully saturated rings. The summed E-state index contributed by atoms with van der Waals surface area (Å²) in [7, 11) is 0. The lowest BCUT2D eigenvalue weighted by Gasteiger charge is -2.33. The van der Waals surface area contributed by atoms with Crippen LogP contribution in [0.4, 0.5) is 0 Å². The van der Waals surface area contributed by atoms with Crippen LogP contribution in [0.15, 0.2) is 42.5 Å². The Morgan fingerprint density at radius 3 is 2.62 bits per heavy atom. The van der Waals surface area contributed by atoms with Gasteiger partial charge in [-0.05, 0) is 49.4 Å². The van der Waals surface area contributed by atoms with E-state index in [4.69, 9.17) is 23.2 Å². The van der Waals surface area contributed by atoms with E-state index in [1.54, 1.807) is 24.3 Å². The predicted octanol–water partition coefficient (Wildman–Crippen LogP) is 5.08. The van der Waals surface area contributed by atoms with Crippen LogP contribution in [0.5, 0.6) is 0 Å². The van der Waals surface area contributed by atoms with Crippen LogP contribution in [0.2, 0.25) is 10.0 Å². The van der Waals surface area contributed by atoms with Gasteiger partial charge in [-0.3, -0.25) is 4.79 Å². The number of thiazole rings is 1. The van der Waals surface area contributed by atoms with E-state index in [-0.39, 0.29) is 11.9 Å². The number of nitrogens with zero attached hydrogens (tertiary/aromatic N) is 5. The zero-order valence-corrected chi connectivity index (χ0v) is 17.7. The average molecular weight is 444 g/mol. The van der Waals surface area contributed by atoms with Crippen molar-refractivity contribution in [2.75, 3.05) is 6.54 Å². The molecule has 0 saturated heterocycles. The molecule has 2 aromatic heterocycles. The van der Waals surface area contributed by atoms with Crippen molar-refractivity contribution in [2.24, 2.45) is 0 Å². The molecule has 146 valence electrons. The minimum Gasteiger partial charge on any atom is -0.327 e. The number of benzene rings is 2. The fraction of sp³-hybridized carbons (Fsp3) is 0.200. The molecule has 29 heavy (non-hydrogen) atoms. The number of rotatable bonds is 2. The summed E-state index contributed by atoms with van der Waals surface area (Å²) in [5, 5.41) is 10.9. The third-order valence-corrected chi connectivity index (χ3v) is 6.58. The van der Waals surface area contributed by atoms with Gasteiger partial charge in [-0.25, -0.2) is 4.98 Å². The van der Waals surface area contributed by atoms with Crippen LogP contribution in [0.3, 0.4) is 0 Å². The van der Waals surface area contributed by atoms with Crippen molar-refractivity contribution >= 4 is 50.7 Å². The van der Waals surface area contributed by atoms with Crippen LogP contribution in [0.1, 0.15) is 29.1 Å². The second-order valence-electron chi connectivity index (χ2n) is 6.85. The van der Waals surface area contributed by atoms with Crippen molar-refractivity contribution in [3.63, 3.8) is 0 Å². The summed E-state index contributed by atoms with van der Waals surface area (Å²) < 4.78 is 3.06. The van der Waals surface area contributed by atoms with Gasteiger partial charge in [-0.15, -0.1) is 21.5 Å². The van der Waals surface area contributed by atoms with Gasteiger partial charge in [0, 0.05) is 28.7 Å². The molecule has 0 aliphatic carbocycles. The van der Waals surface area contributed by atoms with Crippen LogP contribution >= 0.6 is 34.5 Å². The summed E-state index contributed by atoms with van der Waals surface area (Å²) in [6.45, 7) is 3.14. The zero-order chi connectivity index (χ0) is 20.1. The summed E-state index contributed by atoms with van der Waals surface area (Å²) in [6.07, 6.45) is 0. The molecule has 1 amide bonds. The highest BCUT2D eigenvalue weighted by atomic mass is 35.5. The number of aromatic nitrogens is 4. The molecule has 9 heteroatoms. The number of carbonyl (C=O) groups excluding carboxylic acids is 1. The zero-order valence-electron chi connectivity index (χ0n) is 15.3. The predicted molar refractivity (Wildman–Crippen MR) is 115 cm³/mol. The van der Waals surface area contributed by atoms with Gasteiger partial charge in [0.15, 0.2) is 16.7 Å². The molecule has 6 nitrogen and oxygen atoms in total. The van der Waals surface area contributed by atoms with E-state index in [1.165, 1.54) is 11.3 Å². The average Bonchev–Trinajstić information content (AvgIpc) is 3.32. The van der Waals surface area contributed by atoms with Crippen LogP contribution in [-0.2, 0) is 6.54 Å². The maximum Gasteiger partial charge on any atom is 0.254 e. The largest absolute Gasteiger partial charge is 0.327 e. The normalized spacial score (nSPS) is 16.2. The Kier molecular flexibility index (Phi) is 4.53. The summed E-state index contributed by atoms with van der Waals surface area (Å²) in [5.74, 6) is 1.44. The fourth-order valence-corrected chi connectivity index (χ4v) is 4.93. The SMILES string of the molecule is CC1c2nnc(-c3nc4ccc(Cl)cc4s3)n2CCN1C(=O)c1ccc(Cl)cc1. The first kappa shape index (κ1) is 18.5. The van der Waals surface area contributed by atoms with Crippen molar-refractivity contribution < 1.29 is 4.79 Å². The van der Waals surface area contributed by atoms with Crippen molar-refractivity contribution in [1.82, 2.24) is 24.6 Å². The van der Waals surface area contributed by atoms with Crippen molar-refractivity contribution in [3.05, 3.63) is 63.9 Å². The van der Waals surface area contributed by atoms with Gasteiger partial charge < -0.3 is 9.47 Å². The molecule has 0 bridgehead atoms. The van der Waals surface area contributed by atoms with Gasteiger partial charge >= 0.3 is 0 Å². The lowest BCUT2D eigenvalue weighted by molar-refractivity contribution is 0.0638. The second-order valence-corrected chi connectivity index (χ2v) is 8.75. The number of halogens is 2. The highest BCUT2D eigenvalue weighted by Crippen LogP contribution is 2.34. The summed E-state index contributed by atoms with van der Waals surface area (Å²) in [4.78, 5) is 19.5. The standard InChI is InChI=1S/C20H15Cl2N5OS/c1-11-17-24-25-18(19-23-15-7-6-14(22)10-16(15)29-19)27(17)9-8-26(11)20(28)12-2-4-13(21)5-3-12/h2-7,10-11H,8-9H2,1H3. The molecule has 0 spiro atoms. The minimum atomic E-state index is -0.197. The van der Waals surface area contributed by atoms with Crippen LogP contribution in [0.25, 0.3) is 21.0 Å². The Morgan fingerprint density at radius 1 is 1.07 bits per heavy atom. The monoisotopic (exact) mass is 443 g/mol. The Morgan fingerprint density at radius 2 is 1.83 bits per heavy atom. The van der Waals surface area contributed by atoms with Crippen molar-refractivity contribution in [1.29, 1.82) is 0 Å². The molecule has 3 heterocycles. The first-order valence-electron chi connectivity index (χ1n) is 9.07. The number of hydrogen-bond acceptors (Lipinski definition) is 5. The summed E-state index contributed by atoms with van der Waals surface area (Å²) in [6, 6.07) is 12.4. The van der Waals surface area contributed by atoms with Crippen molar-refractivity contribution in [2.45, 2.75) is 19.5 Å². The third kappa shape index (κ3) is 3.19. The van der Waals surface area contributed by atoms with Crippen molar-refractivity contribution in [3.8, 4) is 10.8 Å². The van der Waals surface area contributed by atoms with Gasteiger partial charge in [-0.2, -0.15) is 0 Å². The quantitative estimate of drug-likeness (QED) is 0.433. The maximum absolute atomic E-state index is 13.0. The second kappa shape index (κ2) is 7.09. The Balaban J connectivity index is 1.47. The van der Waals surface area contributed by atoms with Gasteiger partial charge in [0.25, 0.3) is 5.91 Å². The van der Waals surface area contributed by atoms with Crippen LogP contribution in [-0.4, -0.2) is 37.1 Å². The molecule has 2 aromatic carbocycles. The molecular formula is C20H15Cl2N5OS. The van der Waals surface area contributed by atoms with Gasteiger partial charge in [-0.1, -0.05) is 23.2 Å². The topological polar surface area (TPSA) is 63.9 Å². The van der Waals surface area contributed by atoms with Crippen LogP contribution in [0, 0.1) is 0 Å². The van der Waals surface area contributed by atoms with Gasteiger partial charge in [0.05, 0.1) is 16.3 Å². The number of fused-ring (bicyclic) bond motifs is 2. The molecule has 0 radical (unpaired) electrons. The fourth-order valence-electron chi connectivity index (χ4n) is 3.57. The molecule has 1 atom stereocenters. The Hall–Kier alpha value is -2.48. The first-order chi connectivity index (χ1) is 14.0. The highest BCUT2D eigenvalue weighted by Gasteiger charge is 2.32. The Labute approximate surface area is 180 Å². The van der Waals surface area contributed by atoms with Crippen LogP contribution < -0.4 is 0 Å². The summed E-state index contributed by atoms with van der Waals surface area (Å²) in [5.41, 5.74) is 1.49. The van der Waals surface area contributed by atoms with E-state index in [0.29, 0.717) is 28.7 Å². The van der Waals surface area contributed by atoms with E-state index in [9.17, 15) is 4.79 Å². The van der Waals surface area contributed by atoms with E-state index in [0.717, 1.165) is 26.9 Å². The Bertz CT molecular complexity index is 1230. The lowest BCUT2D eigenvalue weighted by Crippen LogP contribution is -2.41. The molecule has 1 aliphatic rings. The molecule has 1 aliphatic heterocycles. The number of hydrogen-bond donors (Lipinski definition) is 0. The third-order valence-electron chi connectivity index (χ3n) is 5.08. The van der Waals surface area contributed by atoms with Gasteiger partial charge in [0.2, 0.25) is 0 Å². The highest BCUT2D eigenvalue weighted by molar-refractivity contribution is 7.21. The molecule has 1 unspecified atom stereocenters. The first-order valence-corrected chi connectivity index (χ1v) is 10.6. The molecule has 0 saturated carbocycles. The molecule has 0 N–H and O–H groups in total. The number of carbonyl (C=O) groups is 1. The molecule has 4 aromatic rings. The van der Waals surface area contributed by atoms with E-state index < -0.39 is 0 Å². The molecular weight excluding hydrogens is 429 g/mol. The summed E-state index contributed by atoms with van der Waals surface area (Å²) >= 11 is 13.6. The van der Waals surface area contributed by atoms with E-state index >= 15 is 0 Å². The minimum absolute atomic E-state index is 0.0420. The van der Waals surface area contributed by atoms with Gasteiger partial charge in [0.1, 0.15) is 0 Å². The smallest absolute Gasteiger partial charge is 0.254 e.